The molecule has 0 aliphatic carbocycles. The first kappa shape index (κ1) is 11.4. The second-order valence-electron chi connectivity index (χ2n) is 2.90. The van der Waals surface area contributed by atoms with E-state index in [4.69, 9.17) is 5.11 Å². The third kappa shape index (κ3) is 4.37. The summed E-state index contributed by atoms with van der Waals surface area (Å²) >= 11 is 0. The lowest BCUT2D eigenvalue weighted by molar-refractivity contribution is -0.116. The number of carbonyl (C=O) groups excluding carboxylic acids is 1. The number of benzene rings is 1. The van der Waals surface area contributed by atoms with Crippen LogP contribution in [0.15, 0.2) is 30.3 Å². The van der Waals surface area contributed by atoms with E-state index in [1.807, 2.05) is 0 Å². The largest absolute Gasteiger partial charge is 0.395 e. The second kappa shape index (κ2) is 5.93. The van der Waals surface area contributed by atoms with Gasteiger partial charge in [0.05, 0.1) is 6.61 Å². The van der Waals surface area contributed by atoms with Crippen LogP contribution in [0.5, 0.6) is 0 Å². The average Bonchev–Trinajstić information content (AvgIpc) is 2.25. The van der Waals surface area contributed by atoms with Gasteiger partial charge in [-0.05, 0) is 23.8 Å². The van der Waals surface area contributed by atoms with Crippen molar-refractivity contribution in [1.29, 1.82) is 0 Å². The maximum absolute atomic E-state index is 12.5. The Morgan fingerprint density at radius 2 is 2.07 bits per heavy atom. The minimum absolute atomic E-state index is 0.0872. The van der Waals surface area contributed by atoms with Crippen LogP contribution in [0.2, 0.25) is 0 Å². The molecular weight excluding hydrogens is 197 g/mol. The van der Waals surface area contributed by atoms with Crippen LogP contribution in [0, 0.1) is 5.82 Å². The summed E-state index contributed by atoms with van der Waals surface area (Å²) < 4.78 is 12.5. The van der Waals surface area contributed by atoms with E-state index in [9.17, 15) is 9.18 Å². The Kier molecular flexibility index (Phi) is 4.50. The van der Waals surface area contributed by atoms with Gasteiger partial charge in [0.15, 0.2) is 0 Å². The van der Waals surface area contributed by atoms with Crippen molar-refractivity contribution in [3.05, 3.63) is 41.7 Å². The van der Waals surface area contributed by atoms with Crippen molar-refractivity contribution in [1.82, 2.24) is 5.32 Å². The van der Waals surface area contributed by atoms with Crippen LogP contribution >= 0.6 is 0 Å². The van der Waals surface area contributed by atoms with Crippen molar-refractivity contribution < 1.29 is 14.3 Å². The molecule has 0 fully saturated rings. The lowest BCUT2D eigenvalue weighted by Crippen LogP contribution is -2.24. The van der Waals surface area contributed by atoms with Crippen molar-refractivity contribution in [3.63, 3.8) is 0 Å². The summed E-state index contributed by atoms with van der Waals surface area (Å²) in [7, 11) is 0. The van der Waals surface area contributed by atoms with Gasteiger partial charge in [-0.25, -0.2) is 4.39 Å². The molecule has 4 heteroatoms. The van der Waals surface area contributed by atoms with Crippen LogP contribution in [0.4, 0.5) is 4.39 Å². The molecule has 0 aliphatic rings. The molecule has 1 aromatic carbocycles. The average molecular weight is 209 g/mol. The summed E-state index contributed by atoms with van der Waals surface area (Å²) in [6.45, 7) is 0.142. The van der Waals surface area contributed by atoms with Crippen LogP contribution in [0.3, 0.4) is 0 Å². The zero-order valence-electron chi connectivity index (χ0n) is 8.11. The molecule has 0 saturated carbocycles. The Morgan fingerprint density at radius 1 is 1.40 bits per heavy atom. The van der Waals surface area contributed by atoms with Gasteiger partial charge in [-0.2, -0.15) is 0 Å². The summed E-state index contributed by atoms with van der Waals surface area (Å²) in [6.07, 6.45) is 2.91. The van der Waals surface area contributed by atoms with Crippen molar-refractivity contribution in [3.8, 4) is 0 Å². The molecule has 0 atom stereocenters. The van der Waals surface area contributed by atoms with Gasteiger partial charge < -0.3 is 10.4 Å². The maximum atomic E-state index is 12.5. The van der Waals surface area contributed by atoms with E-state index in [-0.39, 0.29) is 24.9 Å². The third-order valence-corrected chi connectivity index (χ3v) is 1.71. The van der Waals surface area contributed by atoms with Crippen molar-refractivity contribution in [2.24, 2.45) is 0 Å². The summed E-state index contributed by atoms with van der Waals surface area (Å²) in [5, 5.41) is 10.9. The Morgan fingerprint density at radius 3 is 2.67 bits per heavy atom. The zero-order valence-corrected chi connectivity index (χ0v) is 8.11. The predicted octanol–water partition coefficient (Wildman–Crippen LogP) is 0.947. The molecule has 3 nitrogen and oxygen atoms in total. The van der Waals surface area contributed by atoms with Crippen LogP contribution in [0.1, 0.15) is 5.56 Å². The first-order valence-corrected chi connectivity index (χ1v) is 4.54. The summed E-state index contributed by atoms with van der Waals surface area (Å²) in [6, 6.07) is 5.80. The fourth-order valence-corrected chi connectivity index (χ4v) is 0.984. The molecule has 1 aromatic rings. The predicted molar refractivity (Wildman–Crippen MR) is 55.5 cm³/mol. The fraction of sp³-hybridized carbons (Fsp3) is 0.182. The Hall–Kier alpha value is -1.68. The highest BCUT2D eigenvalue weighted by molar-refractivity contribution is 5.91. The number of amides is 1. The second-order valence-corrected chi connectivity index (χ2v) is 2.90. The van der Waals surface area contributed by atoms with Gasteiger partial charge in [-0.3, -0.25) is 4.79 Å². The monoisotopic (exact) mass is 209 g/mol. The van der Waals surface area contributed by atoms with Gasteiger partial charge in [0.1, 0.15) is 5.82 Å². The lowest BCUT2D eigenvalue weighted by Gasteiger charge is -1.97. The molecule has 1 amide bonds. The molecule has 15 heavy (non-hydrogen) atoms. The number of rotatable bonds is 4. The minimum Gasteiger partial charge on any atom is -0.395 e. The van der Waals surface area contributed by atoms with Crippen molar-refractivity contribution in [2.45, 2.75) is 0 Å². The molecule has 1 rings (SSSR count). The highest BCUT2D eigenvalue weighted by atomic mass is 19.1. The highest BCUT2D eigenvalue weighted by Crippen LogP contribution is 2.04. The summed E-state index contributed by atoms with van der Waals surface area (Å²) in [5.74, 6) is -0.592. The van der Waals surface area contributed by atoms with Gasteiger partial charge in [0.25, 0.3) is 0 Å². The molecule has 0 spiro atoms. The number of hydrogen-bond acceptors (Lipinski definition) is 2. The summed E-state index contributed by atoms with van der Waals surface area (Å²) in [4.78, 5) is 11.1. The maximum Gasteiger partial charge on any atom is 0.244 e. The topological polar surface area (TPSA) is 49.3 Å². The molecule has 0 bridgehead atoms. The zero-order chi connectivity index (χ0) is 11.1. The van der Waals surface area contributed by atoms with E-state index in [2.05, 4.69) is 5.32 Å². The number of nitrogens with one attached hydrogen (secondary N) is 1. The summed E-state index contributed by atoms with van der Waals surface area (Å²) in [5.41, 5.74) is 0.746. The van der Waals surface area contributed by atoms with E-state index < -0.39 is 0 Å². The first-order valence-electron chi connectivity index (χ1n) is 4.54. The van der Waals surface area contributed by atoms with E-state index in [1.54, 1.807) is 18.2 Å². The van der Waals surface area contributed by atoms with Gasteiger partial charge in [-0.1, -0.05) is 12.1 Å². The fourth-order valence-electron chi connectivity index (χ4n) is 0.984. The smallest absolute Gasteiger partial charge is 0.244 e. The van der Waals surface area contributed by atoms with E-state index >= 15 is 0 Å². The molecule has 0 unspecified atom stereocenters. The highest BCUT2D eigenvalue weighted by Gasteiger charge is 1.93. The molecule has 0 saturated heterocycles. The van der Waals surface area contributed by atoms with Crippen LogP contribution < -0.4 is 5.32 Å². The number of aliphatic hydroxyl groups is 1. The van der Waals surface area contributed by atoms with Gasteiger partial charge in [-0.15, -0.1) is 0 Å². The number of carbonyl (C=O) groups is 1. The Bertz CT molecular complexity index is 346. The molecule has 80 valence electrons. The number of hydrogen-bond donors (Lipinski definition) is 2. The molecule has 0 heterocycles. The van der Waals surface area contributed by atoms with Gasteiger partial charge >= 0.3 is 0 Å². The van der Waals surface area contributed by atoms with Crippen LogP contribution in [-0.4, -0.2) is 24.2 Å². The van der Waals surface area contributed by atoms with Crippen LogP contribution in [0.25, 0.3) is 6.08 Å². The minimum atomic E-state index is -0.308. The van der Waals surface area contributed by atoms with E-state index in [0.717, 1.165) is 5.56 Å². The molecule has 0 radical (unpaired) electrons. The Balaban J connectivity index is 2.50. The van der Waals surface area contributed by atoms with E-state index in [0.29, 0.717) is 0 Å². The molecule has 2 N–H and O–H groups in total. The third-order valence-electron chi connectivity index (χ3n) is 1.71. The molecule has 0 aromatic heterocycles. The molecule has 0 aliphatic heterocycles. The first-order chi connectivity index (χ1) is 7.22. The van der Waals surface area contributed by atoms with Crippen molar-refractivity contribution >= 4 is 12.0 Å². The SMILES string of the molecule is O=C(C=Cc1ccc(F)cc1)NCCO. The number of halogens is 1. The lowest BCUT2D eigenvalue weighted by atomic mass is 10.2. The quantitative estimate of drug-likeness (QED) is 0.725. The van der Waals surface area contributed by atoms with Crippen LogP contribution in [-0.2, 0) is 4.79 Å². The van der Waals surface area contributed by atoms with E-state index in [1.165, 1.54) is 18.2 Å². The number of aliphatic hydroxyl groups excluding tert-OH is 1. The Labute approximate surface area is 87.2 Å². The normalized spacial score (nSPS) is 10.5. The van der Waals surface area contributed by atoms with Crippen molar-refractivity contribution in [2.75, 3.05) is 13.2 Å². The van der Waals surface area contributed by atoms with Gasteiger partial charge in [0.2, 0.25) is 5.91 Å². The standard InChI is InChI=1S/C11H12FNO2/c12-10-4-1-9(2-5-10)3-6-11(15)13-7-8-14/h1-6,14H,7-8H2,(H,13,15). The van der Waals surface area contributed by atoms with Gasteiger partial charge in [0, 0.05) is 12.6 Å². The molecular formula is C11H12FNO2.